The lowest BCUT2D eigenvalue weighted by atomic mass is 10.1. The molecule has 0 aliphatic heterocycles. The van der Waals surface area contributed by atoms with Gasteiger partial charge in [-0.3, -0.25) is 18.9 Å². The number of imidazole rings is 1. The Balaban J connectivity index is 1.54. The number of benzene rings is 2. The van der Waals surface area contributed by atoms with Gasteiger partial charge in [-0.25, -0.2) is 4.98 Å². The summed E-state index contributed by atoms with van der Waals surface area (Å²) in [5.74, 6) is 1.30. The van der Waals surface area contributed by atoms with Crippen LogP contribution in [0.25, 0.3) is 26.9 Å². The molecule has 6 heteroatoms. The second-order valence-electron chi connectivity index (χ2n) is 7.41. The van der Waals surface area contributed by atoms with E-state index in [0.29, 0.717) is 6.54 Å². The van der Waals surface area contributed by atoms with Crippen molar-refractivity contribution in [1.29, 1.82) is 0 Å². The Morgan fingerprint density at radius 1 is 1.00 bits per heavy atom. The predicted octanol–water partition coefficient (Wildman–Crippen LogP) is 4.97. The Morgan fingerprint density at radius 2 is 1.79 bits per heavy atom. The van der Waals surface area contributed by atoms with Gasteiger partial charge in [-0.2, -0.15) is 0 Å². The monoisotopic (exact) mass is 400 g/mol. The first-order chi connectivity index (χ1) is 14.1. The first-order valence-electron chi connectivity index (χ1n) is 9.62. The van der Waals surface area contributed by atoms with Gasteiger partial charge in [-0.05, 0) is 35.9 Å². The first-order valence-corrected chi connectivity index (χ1v) is 10.4. The molecular formula is C23H20N4OS. The lowest BCUT2D eigenvalue weighted by Crippen LogP contribution is -2.13. The Labute approximate surface area is 171 Å². The highest BCUT2D eigenvalue weighted by Crippen LogP contribution is 2.26. The fraction of sp³-hybridized carbons (Fsp3) is 0.174. The lowest BCUT2D eigenvalue weighted by molar-refractivity contribution is 0.759. The molecule has 0 spiro atoms. The molecule has 0 N–H and O–H groups in total. The summed E-state index contributed by atoms with van der Waals surface area (Å²) in [6, 6.07) is 18.3. The van der Waals surface area contributed by atoms with Crippen molar-refractivity contribution >= 4 is 32.6 Å². The Kier molecular flexibility index (Phi) is 4.28. The number of para-hydroxylation sites is 1. The van der Waals surface area contributed by atoms with E-state index < -0.39 is 0 Å². The largest absolute Gasteiger partial charge is 0.308 e. The molecular weight excluding hydrogens is 380 g/mol. The van der Waals surface area contributed by atoms with E-state index in [4.69, 9.17) is 4.98 Å². The van der Waals surface area contributed by atoms with Crippen molar-refractivity contribution in [1.82, 2.24) is 19.1 Å². The van der Waals surface area contributed by atoms with Gasteiger partial charge in [0, 0.05) is 17.8 Å². The number of rotatable bonds is 4. The summed E-state index contributed by atoms with van der Waals surface area (Å²) < 4.78 is 5.05. The minimum Gasteiger partial charge on any atom is -0.296 e. The molecule has 0 fully saturated rings. The molecule has 5 aromatic rings. The fourth-order valence-electron chi connectivity index (χ4n) is 3.71. The molecule has 0 unspecified atom stereocenters. The minimum atomic E-state index is 0.0745. The maximum absolute atomic E-state index is 12.4. The molecule has 0 saturated heterocycles. The zero-order valence-corrected chi connectivity index (χ0v) is 17.1. The van der Waals surface area contributed by atoms with Crippen LogP contribution < -0.4 is 4.87 Å². The van der Waals surface area contributed by atoms with E-state index >= 15 is 0 Å². The number of nitrogens with zero attached hydrogens (tertiary/aromatic N) is 4. The van der Waals surface area contributed by atoms with Crippen molar-refractivity contribution in [3.63, 3.8) is 0 Å². The molecule has 0 aliphatic rings. The van der Waals surface area contributed by atoms with E-state index in [0.717, 1.165) is 38.3 Å². The van der Waals surface area contributed by atoms with Crippen LogP contribution in [0, 0.1) is 0 Å². The molecule has 5 nitrogen and oxygen atoms in total. The zero-order valence-electron chi connectivity index (χ0n) is 16.2. The van der Waals surface area contributed by atoms with Crippen LogP contribution in [0.2, 0.25) is 0 Å². The normalized spacial score (nSPS) is 11.7. The third kappa shape index (κ3) is 3.06. The third-order valence-electron chi connectivity index (χ3n) is 5.11. The van der Waals surface area contributed by atoms with Crippen molar-refractivity contribution < 1.29 is 0 Å². The number of thiazole rings is 1. The molecule has 3 aromatic heterocycles. The van der Waals surface area contributed by atoms with Gasteiger partial charge in [0.25, 0.3) is 0 Å². The van der Waals surface area contributed by atoms with Crippen LogP contribution in [-0.4, -0.2) is 19.1 Å². The molecule has 29 heavy (non-hydrogen) atoms. The average molecular weight is 401 g/mol. The van der Waals surface area contributed by atoms with E-state index in [-0.39, 0.29) is 10.8 Å². The molecule has 2 aromatic carbocycles. The SMILES string of the molecule is CC(C)c1nc2cnccc2n1-c1ccc(Cn2c(=O)sc3ccccc32)cc1. The summed E-state index contributed by atoms with van der Waals surface area (Å²) in [5, 5.41) is 0. The quantitative estimate of drug-likeness (QED) is 0.428. The predicted molar refractivity (Wildman–Crippen MR) is 118 cm³/mol. The van der Waals surface area contributed by atoms with Crippen LogP contribution in [-0.2, 0) is 6.54 Å². The topological polar surface area (TPSA) is 52.7 Å². The summed E-state index contributed by atoms with van der Waals surface area (Å²) in [4.78, 5) is 21.5. The van der Waals surface area contributed by atoms with E-state index in [1.54, 1.807) is 12.4 Å². The molecule has 3 heterocycles. The molecule has 5 rings (SSSR count). The summed E-state index contributed by atoms with van der Waals surface area (Å²) >= 11 is 1.29. The van der Waals surface area contributed by atoms with Gasteiger partial charge < -0.3 is 0 Å². The molecule has 144 valence electrons. The van der Waals surface area contributed by atoms with Gasteiger partial charge >= 0.3 is 4.87 Å². The van der Waals surface area contributed by atoms with Crippen LogP contribution in [0.3, 0.4) is 0 Å². The van der Waals surface area contributed by atoms with Crippen LogP contribution in [0.5, 0.6) is 0 Å². The number of pyridine rings is 1. The van der Waals surface area contributed by atoms with Crippen molar-refractivity contribution in [3.05, 3.63) is 88.0 Å². The highest BCUT2D eigenvalue weighted by Gasteiger charge is 2.15. The first kappa shape index (κ1) is 17.8. The van der Waals surface area contributed by atoms with Crippen molar-refractivity contribution in [2.45, 2.75) is 26.3 Å². The van der Waals surface area contributed by atoms with E-state index in [1.807, 2.05) is 34.9 Å². The number of fused-ring (bicyclic) bond motifs is 2. The van der Waals surface area contributed by atoms with Crippen LogP contribution in [0.4, 0.5) is 0 Å². The number of hydrogen-bond acceptors (Lipinski definition) is 4. The van der Waals surface area contributed by atoms with Gasteiger partial charge in [0.15, 0.2) is 0 Å². The van der Waals surface area contributed by atoms with Gasteiger partial charge in [-0.1, -0.05) is 49.4 Å². The van der Waals surface area contributed by atoms with Gasteiger partial charge in [0.2, 0.25) is 0 Å². The van der Waals surface area contributed by atoms with Crippen molar-refractivity contribution in [2.24, 2.45) is 0 Å². The second-order valence-corrected chi connectivity index (χ2v) is 8.41. The molecule has 0 bridgehead atoms. The van der Waals surface area contributed by atoms with Crippen LogP contribution in [0.1, 0.15) is 31.2 Å². The Morgan fingerprint density at radius 3 is 2.59 bits per heavy atom. The van der Waals surface area contributed by atoms with Gasteiger partial charge in [0.1, 0.15) is 11.3 Å². The summed E-state index contributed by atoms with van der Waals surface area (Å²) in [5.41, 5.74) is 5.10. The standard InChI is InChI=1S/C23H20N4OS/c1-15(2)22-25-18-13-24-12-11-19(18)27(22)17-9-7-16(8-10-17)14-26-20-5-3-4-6-21(20)29-23(26)28/h3-13,15H,14H2,1-2H3. The second kappa shape index (κ2) is 6.97. The van der Waals surface area contributed by atoms with Crippen molar-refractivity contribution in [2.75, 3.05) is 0 Å². The highest BCUT2D eigenvalue weighted by molar-refractivity contribution is 7.16. The van der Waals surface area contributed by atoms with Crippen LogP contribution in [0.15, 0.2) is 71.8 Å². The fourth-order valence-corrected chi connectivity index (χ4v) is 4.60. The van der Waals surface area contributed by atoms with Crippen molar-refractivity contribution in [3.8, 4) is 5.69 Å². The average Bonchev–Trinajstić information content (AvgIpc) is 3.27. The van der Waals surface area contributed by atoms with Crippen LogP contribution >= 0.6 is 11.3 Å². The summed E-state index contributed by atoms with van der Waals surface area (Å²) in [6.45, 7) is 4.86. The summed E-state index contributed by atoms with van der Waals surface area (Å²) in [7, 11) is 0. The number of aromatic nitrogens is 4. The number of hydrogen-bond donors (Lipinski definition) is 0. The minimum absolute atomic E-state index is 0.0745. The molecule has 0 atom stereocenters. The van der Waals surface area contributed by atoms with E-state index in [1.165, 1.54) is 11.3 Å². The molecule has 0 aliphatic carbocycles. The Bertz CT molecular complexity index is 1380. The maximum Gasteiger partial charge on any atom is 0.308 e. The maximum atomic E-state index is 12.4. The molecule has 0 radical (unpaired) electrons. The van der Waals surface area contributed by atoms with Gasteiger partial charge in [0.05, 0.1) is 28.5 Å². The third-order valence-corrected chi connectivity index (χ3v) is 6.07. The smallest absolute Gasteiger partial charge is 0.296 e. The van der Waals surface area contributed by atoms with E-state index in [2.05, 4.69) is 47.7 Å². The Hall–Kier alpha value is -3.25. The van der Waals surface area contributed by atoms with Gasteiger partial charge in [-0.15, -0.1) is 0 Å². The van der Waals surface area contributed by atoms with E-state index in [9.17, 15) is 4.79 Å². The summed E-state index contributed by atoms with van der Waals surface area (Å²) in [6.07, 6.45) is 3.60. The lowest BCUT2D eigenvalue weighted by Gasteiger charge is -2.12. The molecule has 0 amide bonds. The highest BCUT2D eigenvalue weighted by atomic mass is 32.1. The molecule has 0 saturated carbocycles. The zero-order chi connectivity index (χ0) is 20.0.